The molecule has 0 spiro atoms. The lowest BCUT2D eigenvalue weighted by Crippen LogP contribution is -2.12. The minimum Gasteiger partial charge on any atom is -0.485 e. The predicted octanol–water partition coefficient (Wildman–Crippen LogP) is 4.16. The molecule has 0 saturated heterocycles. The molecular weight excluding hydrogens is 260 g/mol. The number of Topliss-reactive ketones (excluding diaryl/α,β-unsaturated/α-hetero) is 1. The second-order valence-corrected chi connectivity index (χ2v) is 4.60. The highest BCUT2D eigenvalue weighted by Gasteiger charge is 2.10. The van der Waals surface area contributed by atoms with E-state index in [9.17, 15) is 4.79 Å². The Morgan fingerprint density at radius 1 is 1.11 bits per heavy atom. The third-order valence-corrected chi connectivity index (χ3v) is 3.21. The van der Waals surface area contributed by atoms with Crippen LogP contribution in [0.2, 0.25) is 5.02 Å². The van der Waals surface area contributed by atoms with Crippen LogP contribution in [-0.2, 0) is 6.42 Å². The molecule has 0 amide bonds. The van der Waals surface area contributed by atoms with Crippen LogP contribution >= 0.6 is 11.6 Å². The second-order valence-electron chi connectivity index (χ2n) is 4.19. The second kappa shape index (κ2) is 6.39. The zero-order chi connectivity index (χ0) is 13.7. The average Bonchev–Trinajstić information content (AvgIpc) is 2.46. The van der Waals surface area contributed by atoms with Gasteiger partial charge in [0.25, 0.3) is 0 Å². The number of aryl methyl sites for hydroxylation is 1. The number of benzene rings is 2. The summed E-state index contributed by atoms with van der Waals surface area (Å²) < 4.78 is 5.47. The van der Waals surface area contributed by atoms with Crippen LogP contribution in [0.15, 0.2) is 48.5 Å². The molecule has 0 atom stereocenters. The van der Waals surface area contributed by atoms with Crippen LogP contribution in [0.3, 0.4) is 0 Å². The summed E-state index contributed by atoms with van der Waals surface area (Å²) in [5, 5.41) is 0.456. The zero-order valence-corrected chi connectivity index (χ0v) is 11.5. The number of halogens is 1. The maximum atomic E-state index is 12.0. The third kappa shape index (κ3) is 3.58. The van der Waals surface area contributed by atoms with E-state index in [-0.39, 0.29) is 12.4 Å². The molecule has 0 radical (unpaired) electrons. The Morgan fingerprint density at radius 3 is 2.42 bits per heavy atom. The molecule has 2 aromatic carbocycles. The van der Waals surface area contributed by atoms with Crippen molar-refractivity contribution in [3.8, 4) is 5.75 Å². The van der Waals surface area contributed by atoms with Crippen molar-refractivity contribution in [3.63, 3.8) is 0 Å². The van der Waals surface area contributed by atoms with Gasteiger partial charge in [-0.25, -0.2) is 0 Å². The molecule has 0 fully saturated rings. The quantitative estimate of drug-likeness (QED) is 0.765. The molecule has 0 bridgehead atoms. The molecule has 0 aliphatic heterocycles. The SMILES string of the molecule is CCc1ccc(OCC(=O)c2ccccc2Cl)cc1. The van der Waals surface area contributed by atoms with Gasteiger partial charge in [-0.3, -0.25) is 4.79 Å². The van der Waals surface area contributed by atoms with Crippen molar-refractivity contribution in [1.82, 2.24) is 0 Å². The summed E-state index contributed by atoms with van der Waals surface area (Å²) in [6.45, 7) is 2.09. The smallest absolute Gasteiger partial charge is 0.201 e. The number of hydrogen-bond acceptors (Lipinski definition) is 2. The van der Waals surface area contributed by atoms with Crippen LogP contribution in [0.5, 0.6) is 5.75 Å². The lowest BCUT2D eigenvalue weighted by atomic mass is 10.1. The van der Waals surface area contributed by atoms with Crippen molar-refractivity contribution in [2.75, 3.05) is 6.61 Å². The fourth-order valence-corrected chi connectivity index (χ4v) is 1.98. The van der Waals surface area contributed by atoms with E-state index in [0.717, 1.165) is 6.42 Å². The Hall–Kier alpha value is -1.80. The van der Waals surface area contributed by atoms with Gasteiger partial charge in [0.2, 0.25) is 5.78 Å². The molecule has 0 aliphatic carbocycles. The van der Waals surface area contributed by atoms with Gasteiger partial charge in [-0.1, -0.05) is 42.8 Å². The molecule has 0 aromatic heterocycles. The zero-order valence-electron chi connectivity index (χ0n) is 10.7. The molecule has 2 aromatic rings. The van der Waals surface area contributed by atoms with Crippen LogP contribution in [-0.4, -0.2) is 12.4 Å². The van der Waals surface area contributed by atoms with Crippen LogP contribution in [0.4, 0.5) is 0 Å². The highest BCUT2D eigenvalue weighted by atomic mass is 35.5. The van der Waals surface area contributed by atoms with E-state index in [1.54, 1.807) is 24.3 Å². The number of hydrogen-bond donors (Lipinski definition) is 0. The van der Waals surface area contributed by atoms with Gasteiger partial charge in [0, 0.05) is 5.56 Å². The lowest BCUT2D eigenvalue weighted by Gasteiger charge is -2.07. The Morgan fingerprint density at radius 2 is 1.79 bits per heavy atom. The first-order chi connectivity index (χ1) is 9.20. The Kier molecular flexibility index (Phi) is 4.58. The van der Waals surface area contributed by atoms with E-state index >= 15 is 0 Å². The van der Waals surface area contributed by atoms with Gasteiger partial charge in [0.1, 0.15) is 5.75 Å². The summed E-state index contributed by atoms with van der Waals surface area (Å²) in [4.78, 5) is 12.0. The van der Waals surface area contributed by atoms with E-state index in [1.165, 1.54) is 5.56 Å². The van der Waals surface area contributed by atoms with Crippen molar-refractivity contribution in [2.24, 2.45) is 0 Å². The summed E-state index contributed by atoms with van der Waals surface area (Å²) in [6, 6.07) is 14.7. The molecule has 3 heteroatoms. The van der Waals surface area contributed by atoms with Gasteiger partial charge in [-0.2, -0.15) is 0 Å². The molecule has 2 nitrogen and oxygen atoms in total. The Balaban J connectivity index is 1.98. The predicted molar refractivity (Wildman–Crippen MR) is 77.1 cm³/mol. The maximum absolute atomic E-state index is 12.0. The van der Waals surface area contributed by atoms with Gasteiger partial charge >= 0.3 is 0 Å². The van der Waals surface area contributed by atoms with E-state index < -0.39 is 0 Å². The first kappa shape index (κ1) is 13.6. The molecule has 0 aliphatic rings. The highest BCUT2D eigenvalue weighted by Crippen LogP contribution is 2.17. The Bertz CT molecular complexity index is 561. The van der Waals surface area contributed by atoms with Crippen molar-refractivity contribution >= 4 is 17.4 Å². The molecule has 2 rings (SSSR count). The fraction of sp³-hybridized carbons (Fsp3) is 0.188. The van der Waals surface area contributed by atoms with E-state index in [2.05, 4.69) is 6.92 Å². The van der Waals surface area contributed by atoms with E-state index in [0.29, 0.717) is 16.3 Å². The van der Waals surface area contributed by atoms with Gasteiger partial charge in [0.15, 0.2) is 6.61 Å². The minimum atomic E-state index is -0.120. The van der Waals surface area contributed by atoms with Crippen LogP contribution in [0, 0.1) is 0 Å². The molecular formula is C16H15ClO2. The van der Waals surface area contributed by atoms with Gasteiger partial charge in [-0.05, 0) is 36.2 Å². The summed E-state index contributed by atoms with van der Waals surface area (Å²) in [5.41, 5.74) is 1.74. The van der Waals surface area contributed by atoms with Crippen LogP contribution in [0.25, 0.3) is 0 Å². The summed E-state index contributed by atoms with van der Waals surface area (Å²) >= 11 is 5.96. The number of ether oxygens (including phenoxy) is 1. The number of carbonyl (C=O) groups excluding carboxylic acids is 1. The first-order valence-corrected chi connectivity index (χ1v) is 6.58. The van der Waals surface area contributed by atoms with Gasteiger partial charge in [0.05, 0.1) is 5.02 Å². The molecule has 0 saturated carbocycles. The summed E-state index contributed by atoms with van der Waals surface area (Å²) in [7, 11) is 0. The normalized spacial score (nSPS) is 10.2. The molecule has 0 unspecified atom stereocenters. The fourth-order valence-electron chi connectivity index (χ4n) is 1.74. The van der Waals surface area contributed by atoms with Gasteiger partial charge < -0.3 is 4.74 Å². The van der Waals surface area contributed by atoms with Crippen molar-refractivity contribution in [3.05, 3.63) is 64.7 Å². The van der Waals surface area contributed by atoms with Gasteiger partial charge in [-0.15, -0.1) is 0 Å². The number of carbonyl (C=O) groups is 1. The third-order valence-electron chi connectivity index (χ3n) is 2.88. The van der Waals surface area contributed by atoms with E-state index in [4.69, 9.17) is 16.3 Å². The standard InChI is InChI=1S/C16H15ClO2/c1-2-12-7-9-13(10-8-12)19-11-16(18)14-5-3-4-6-15(14)17/h3-10H,2,11H2,1H3. The Labute approximate surface area is 118 Å². The summed E-state index contributed by atoms with van der Waals surface area (Å²) in [5.74, 6) is 0.572. The largest absolute Gasteiger partial charge is 0.485 e. The summed E-state index contributed by atoms with van der Waals surface area (Å²) in [6.07, 6.45) is 0.985. The van der Waals surface area contributed by atoms with Crippen LogP contribution < -0.4 is 4.74 Å². The van der Waals surface area contributed by atoms with Crippen molar-refractivity contribution in [1.29, 1.82) is 0 Å². The maximum Gasteiger partial charge on any atom is 0.201 e. The lowest BCUT2D eigenvalue weighted by molar-refractivity contribution is 0.0921. The van der Waals surface area contributed by atoms with E-state index in [1.807, 2.05) is 24.3 Å². The molecule has 0 heterocycles. The molecule has 19 heavy (non-hydrogen) atoms. The molecule has 98 valence electrons. The number of ketones is 1. The average molecular weight is 275 g/mol. The number of rotatable bonds is 5. The van der Waals surface area contributed by atoms with Crippen molar-refractivity contribution in [2.45, 2.75) is 13.3 Å². The van der Waals surface area contributed by atoms with Crippen molar-refractivity contribution < 1.29 is 9.53 Å². The topological polar surface area (TPSA) is 26.3 Å². The molecule has 0 N–H and O–H groups in total. The monoisotopic (exact) mass is 274 g/mol. The minimum absolute atomic E-state index is 0.00476. The van der Waals surface area contributed by atoms with Crippen LogP contribution in [0.1, 0.15) is 22.8 Å². The highest BCUT2D eigenvalue weighted by molar-refractivity contribution is 6.34. The first-order valence-electron chi connectivity index (χ1n) is 6.20.